The number of aromatic nitrogens is 1. The molecule has 4 aromatic rings. The standard InChI is InChI=1S/C28H32NSi/c1-20-17-22-7-5-6-8-23(22)19-27(20)28-26-10-9-24(18-25(26)11-14-29(28)2)21-12-15-30(3,4)16-13-21/h5-11,14,17-19,21H,12-13,15-16H2,1-4H3/q+1. The fourth-order valence-electron chi connectivity index (χ4n) is 5.32. The summed E-state index contributed by atoms with van der Waals surface area (Å²) in [7, 11) is 1.26. The van der Waals surface area contributed by atoms with Crippen LogP contribution in [0.5, 0.6) is 0 Å². The Morgan fingerprint density at radius 1 is 0.833 bits per heavy atom. The molecule has 2 heteroatoms. The van der Waals surface area contributed by atoms with Gasteiger partial charge in [0.25, 0.3) is 0 Å². The van der Waals surface area contributed by atoms with Crippen LogP contribution in [0.2, 0.25) is 25.2 Å². The fourth-order valence-corrected chi connectivity index (χ4v) is 7.83. The Labute approximate surface area is 181 Å². The number of nitrogens with zero attached hydrogens (tertiary/aromatic N) is 1. The van der Waals surface area contributed by atoms with Crippen molar-refractivity contribution in [2.24, 2.45) is 7.05 Å². The third kappa shape index (κ3) is 3.48. The van der Waals surface area contributed by atoms with Crippen molar-refractivity contribution in [1.82, 2.24) is 0 Å². The molecule has 1 nitrogen and oxygen atoms in total. The van der Waals surface area contributed by atoms with Crippen LogP contribution in [0, 0.1) is 6.92 Å². The van der Waals surface area contributed by atoms with Gasteiger partial charge < -0.3 is 0 Å². The Hall–Kier alpha value is -2.45. The molecule has 152 valence electrons. The maximum absolute atomic E-state index is 2.56. The number of pyridine rings is 1. The average molecular weight is 411 g/mol. The highest BCUT2D eigenvalue weighted by molar-refractivity contribution is 6.77. The van der Waals surface area contributed by atoms with Gasteiger partial charge in [-0.15, -0.1) is 0 Å². The van der Waals surface area contributed by atoms with Crippen LogP contribution < -0.4 is 4.57 Å². The highest BCUT2D eigenvalue weighted by Crippen LogP contribution is 2.40. The maximum atomic E-state index is 2.56. The molecule has 1 saturated heterocycles. The zero-order valence-electron chi connectivity index (χ0n) is 18.7. The zero-order chi connectivity index (χ0) is 20.9. The minimum absolute atomic E-state index is 0.745. The number of aryl methyl sites for hydroxylation is 2. The van der Waals surface area contributed by atoms with Gasteiger partial charge in [-0.1, -0.05) is 67.6 Å². The minimum Gasteiger partial charge on any atom is -0.200 e. The van der Waals surface area contributed by atoms with Crippen molar-refractivity contribution < 1.29 is 4.57 Å². The van der Waals surface area contributed by atoms with E-state index in [2.05, 4.69) is 98.5 Å². The summed E-state index contributed by atoms with van der Waals surface area (Å²) in [4.78, 5) is 0. The topological polar surface area (TPSA) is 3.88 Å². The van der Waals surface area contributed by atoms with Crippen LogP contribution in [0.4, 0.5) is 0 Å². The van der Waals surface area contributed by atoms with E-state index in [1.807, 2.05) is 0 Å². The number of benzene rings is 3. The van der Waals surface area contributed by atoms with Crippen LogP contribution in [0.3, 0.4) is 0 Å². The smallest absolute Gasteiger partial charge is 0.200 e. The van der Waals surface area contributed by atoms with Crippen molar-refractivity contribution in [3.63, 3.8) is 0 Å². The molecular formula is C28H32NSi+. The van der Waals surface area contributed by atoms with Gasteiger partial charge in [0.2, 0.25) is 5.69 Å². The van der Waals surface area contributed by atoms with Crippen LogP contribution in [-0.2, 0) is 7.05 Å². The van der Waals surface area contributed by atoms with E-state index in [0.717, 1.165) is 5.92 Å². The Kier molecular flexibility index (Phi) is 4.78. The lowest BCUT2D eigenvalue weighted by Crippen LogP contribution is -2.31. The molecule has 0 aliphatic carbocycles. The van der Waals surface area contributed by atoms with Crippen LogP contribution >= 0.6 is 0 Å². The normalized spacial score (nSPS) is 16.9. The van der Waals surface area contributed by atoms with E-state index in [-0.39, 0.29) is 0 Å². The molecular weight excluding hydrogens is 378 g/mol. The minimum atomic E-state index is -0.912. The van der Waals surface area contributed by atoms with E-state index in [1.165, 1.54) is 63.3 Å². The van der Waals surface area contributed by atoms with E-state index < -0.39 is 8.07 Å². The van der Waals surface area contributed by atoms with Gasteiger partial charge in [0.05, 0.1) is 10.9 Å². The molecule has 0 spiro atoms. The second-order valence-electron chi connectivity index (χ2n) is 10.1. The van der Waals surface area contributed by atoms with Gasteiger partial charge >= 0.3 is 0 Å². The molecule has 1 aromatic heterocycles. The molecule has 30 heavy (non-hydrogen) atoms. The van der Waals surface area contributed by atoms with Crippen molar-refractivity contribution in [2.75, 3.05) is 0 Å². The van der Waals surface area contributed by atoms with Gasteiger partial charge in [-0.3, -0.25) is 0 Å². The van der Waals surface area contributed by atoms with Crippen molar-refractivity contribution in [3.05, 3.63) is 78.0 Å². The quantitative estimate of drug-likeness (QED) is 0.240. The average Bonchev–Trinajstić information content (AvgIpc) is 2.73. The van der Waals surface area contributed by atoms with Gasteiger partial charge in [-0.05, 0) is 65.1 Å². The van der Waals surface area contributed by atoms with Crippen LogP contribution in [0.1, 0.15) is 29.9 Å². The Balaban J connectivity index is 1.61. The summed E-state index contributed by atoms with van der Waals surface area (Å²) in [5, 5.41) is 5.34. The number of hydrogen-bond acceptors (Lipinski definition) is 0. The lowest BCUT2D eigenvalue weighted by molar-refractivity contribution is -0.659. The molecule has 0 radical (unpaired) electrons. The monoisotopic (exact) mass is 410 g/mol. The third-order valence-corrected chi connectivity index (χ3v) is 10.6. The highest BCUT2D eigenvalue weighted by Gasteiger charge is 2.29. The van der Waals surface area contributed by atoms with Gasteiger partial charge in [-0.2, -0.15) is 0 Å². The summed E-state index contributed by atoms with van der Waals surface area (Å²) in [6.45, 7) is 7.35. The van der Waals surface area contributed by atoms with E-state index in [0.29, 0.717) is 0 Å². The van der Waals surface area contributed by atoms with Gasteiger partial charge in [0.1, 0.15) is 7.05 Å². The molecule has 2 heterocycles. The van der Waals surface area contributed by atoms with Gasteiger partial charge in [0.15, 0.2) is 6.20 Å². The first-order valence-electron chi connectivity index (χ1n) is 11.3. The van der Waals surface area contributed by atoms with E-state index in [9.17, 15) is 0 Å². The highest BCUT2D eigenvalue weighted by atomic mass is 28.3. The third-order valence-electron chi connectivity index (χ3n) is 7.32. The molecule has 0 amide bonds. The van der Waals surface area contributed by atoms with Crippen LogP contribution in [0.25, 0.3) is 32.8 Å². The summed E-state index contributed by atoms with van der Waals surface area (Å²) in [5.74, 6) is 0.745. The number of fused-ring (bicyclic) bond motifs is 2. The predicted octanol–water partition coefficient (Wildman–Crippen LogP) is 7.38. The molecule has 0 N–H and O–H groups in total. The molecule has 0 atom stereocenters. The number of rotatable bonds is 2. The molecule has 3 aromatic carbocycles. The van der Waals surface area contributed by atoms with Crippen molar-refractivity contribution in [1.29, 1.82) is 0 Å². The second kappa shape index (κ2) is 7.35. The van der Waals surface area contributed by atoms with Crippen LogP contribution in [-0.4, -0.2) is 8.07 Å². The maximum Gasteiger partial charge on any atom is 0.220 e. The van der Waals surface area contributed by atoms with Gasteiger partial charge in [0, 0.05) is 14.1 Å². The molecule has 5 rings (SSSR count). The van der Waals surface area contributed by atoms with E-state index in [4.69, 9.17) is 0 Å². The van der Waals surface area contributed by atoms with Crippen molar-refractivity contribution in [2.45, 2.75) is 50.9 Å². The summed E-state index contributed by atoms with van der Waals surface area (Å²) in [5.41, 5.74) is 5.53. The molecule has 1 aliphatic rings. The fraction of sp³-hybridized carbons (Fsp3) is 0.321. The summed E-state index contributed by atoms with van der Waals surface area (Å²) in [6.07, 6.45) is 4.98. The van der Waals surface area contributed by atoms with E-state index >= 15 is 0 Å². The first-order chi connectivity index (χ1) is 14.4. The van der Waals surface area contributed by atoms with Crippen LogP contribution in [0.15, 0.2) is 66.9 Å². The summed E-state index contributed by atoms with van der Waals surface area (Å²) >= 11 is 0. The molecule has 0 bridgehead atoms. The predicted molar refractivity (Wildman–Crippen MR) is 132 cm³/mol. The summed E-state index contributed by atoms with van der Waals surface area (Å²) in [6, 6.07) is 25.9. The summed E-state index contributed by atoms with van der Waals surface area (Å²) < 4.78 is 2.29. The van der Waals surface area contributed by atoms with Crippen molar-refractivity contribution >= 4 is 29.6 Å². The largest absolute Gasteiger partial charge is 0.220 e. The molecule has 1 aliphatic heterocycles. The lowest BCUT2D eigenvalue weighted by Gasteiger charge is -2.33. The Morgan fingerprint density at radius 3 is 2.27 bits per heavy atom. The number of hydrogen-bond donors (Lipinski definition) is 0. The zero-order valence-corrected chi connectivity index (χ0v) is 19.7. The van der Waals surface area contributed by atoms with Crippen molar-refractivity contribution in [3.8, 4) is 11.3 Å². The Bertz CT molecular complexity index is 1240. The molecule has 0 saturated carbocycles. The SMILES string of the molecule is Cc1cc2ccccc2cc1-c1c2ccc(C3CC[Si](C)(C)CC3)cc2cc[n+]1C. The first kappa shape index (κ1) is 19.5. The first-order valence-corrected chi connectivity index (χ1v) is 14.7. The van der Waals surface area contributed by atoms with Gasteiger partial charge in [-0.25, -0.2) is 4.57 Å². The lowest BCUT2D eigenvalue weighted by atomic mass is 9.90. The second-order valence-corrected chi connectivity index (χ2v) is 15.4. The van der Waals surface area contributed by atoms with E-state index in [1.54, 1.807) is 5.56 Å². The molecule has 0 unspecified atom stereocenters. The Morgan fingerprint density at radius 2 is 1.53 bits per heavy atom. The molecule has 1 fully saturated rings.